The molecule has 5 nitrogen and oxygen atoms in total. The summed E-state index contributed by atoms with van der Waals surface area (Å²) in [7, 11) is 0. The molecular weight excluding hydrogens is 783 g/mol. The monoisotopic (exact) mass is 817 g/mol. The highest BCUT2D eigenvalue weighted by atomic mass is 16.3. The van der Waals surface area contributed by atoms with Gasteiger partial charge in [-0.2, -0.15) is 0 Å². The molecule has 0 atom stereocenters. The molecule has 5 heteroatoms. The molecule has 0 amide bonds. The Hall–Kier alpha value is -8.67. The molecule has 0 radical (unpaired) electrons. The van der Waals surface area contributed by atoms with E-state index in [0.29, 0.717) is 17.5 Å². The van der Waals surface area contributed by atoms with Gasteiger partial charge in [0.05, 0.1) is 11.1 Å². The van der Waals surface area contributed by atoms with Crippen molar-refractivity contribution in [1.82, 2.24) is 15.0 Å². The molecule has 3 heterocycles. The zero-order chi connectivity index (χ0) is 42.1. The fourth-order valence-electron chi connectivity index (χ4n) is 9.69. The van der Waals surface area contributed by atoms with E-state index in [1.54, 1.807) is 0 Å². The quantitative estimate of drug-likeness (QED) is 0.156. The summed E-state index contributed by atoms with van der Waals surface area (Å²) in [5.41, 5.74) is 12.4. The summed E-state index contributed by atoms with van der Waals surface area (Å²) in [5.74, 6) is 1.58. The highest BCUT2D eigenvalue weighted by Gasteiger charge is 2.22. The van der Waals surface area contributed by atoms with E-state index < -0.39 is 0 Å². The van der Waals surface area contributed by atoms with Crippen LogP contribution in [-0.4, -0.2) is 15.0 Å². The van der Waals surface area contributed by atoms with Crippen molar-refractivity contribution < 1.29 is 8.83 Å². The SMILES string of the molecule is c1ccc(-c2c3ccccc3c(-c3ccc(-c4ccccc4-c4nc(-c5cccc6c5oc5ccccc56)nc(-c5cccc6c5oc5ccccc56)n4)cc3)c3ccccc23)cc1. The number of fused-ring (bicyclic) bond motifs is 8. The molecule has 298 valence electrons. The third-order valence-corrected chi connectivity index (χ3v) is 12.6. The van der Waals surface area contributed by atoms with Gasteiger partial charge in [0, 0.05) is 27.1 Å². The number of benzene rings is 10. The van der Waals surface area contributed by atoms with E-state index in [2.05, 4.69) is 146 Å². The van der Waals surface area contributed by atoms with E-state index in [-0.39, 0.29) is 0 Å². The lowest BCUT2D eigenvalue weighted by Crippen LogP contribution is -2.01. The van der Waals surface area contributed by atoms with Crippen LogP contribution in [0.25, 0.3) is 133 Å². The van der Waals surface area contributed by atoms with E-state index in [9.17, 15) is 0 Å². The van der Waals surface area contributed by atoms with Crippen molar-refractivity contribution in [2.24, 2.45) is 0 Å². The maximum Gasteiger partial charge on any atom is 0.167 e. The summed E-state index contributed by atoms with van der Waals surface area (Å²) in [4.78, 5) is 15.8. The Morgan fingerprint density at radius 1 is 0.234 bits per heavy atom. The van der Waals surface area contributed by atoms with Gasteiger partial charge in [-0.05, 0) is 79.2 Å². The van der Waals surface area contributed by atoms with Gasteiger partial charge in [0.1, 0.15) is 22.3 Å². The molecule has 0 saturated carbocycles. The smallest absolute Gasteiger partial charge is 0.167 e. The van der Waals surface area contributed by atoms with Gasteiger partial charge in [-0.25, -0.2) is 15.0 Å². The molecule has 0 unspecified atom stereocenters. The van der Waals surface area contributed by atoms with Crippen LogP contribution in [0.15, 0.2) is 221 Å². The Morgan fingerprint density at radius 3 is 1.08 bits per heavy atom. The molecule has 0 N–H and O–H groups in total. The second-order valence-corrected chi connectivity index (χ2v) is 16.2. The number of hydrogen-bond acceptors (Lipinski definition) is 5. The number of nitrogens with zero attached hydrogens (tertiary/aromatic N) is 3. The fraction of sp³-hybridized carbons (Fsp3) is 0. The average Bonchev–Trinajstić information content (AvgIpc) is 3.95. The Labute approximate surface area is 367 Å². The molecule has 0 spiro atoms. The highest BCUT2D eigenvalue weighted by Crippen LogP contribution is 2.45. The lowest BCUT2D eigenvalue weighted by molar-refractivity contribution is 0.669. The molecule has 0 aliphatic rings. The Balaban J connectivity index is 0.992. The third kappa shape index (κ3) is 5.68. The average molecular weight is 818 g/mol. The first-order valence-corrected chi connectivity index (χ1v) is 21.5. The molecule has 13 rings (SSSR count). The van der Waals surface area contributed by atoms with Crippen LogP contribution >= 0.6 is 0 Å². The van der Waals surface area contributed by atoms with Crippen molar-refractivity contribution in [3.8, 4) is 67.5 Å². The third-order valence-electron chi connectivity index (χ3n) is 12.6. The summed E-state index contributed by atoms with van der Waals surface area (Å²) in [5, 5.41) is 9.00. The maximum absolute atomic E-state index is 6.54. The normalized spacial score (nSPS) is 11.8. The molecule has 0 aliphatic heterocycles. The van der Waals surface area contributed by atoms with Crippen LogP contribution in [0.1, 0.15) is 0 Å². The van der Waals surface area contributed by atoms with Gasteiger partial charge in [-0.3, -0.25) is 0 Å². The molecule has 13 aromatic rings. The number of rotatable bonds is 6. The van der Waals surface area contributed by atoms with E-state index in [4.69, 9.17) is 23.8 Å². The van der Waals surface area contributed by atoms with Crippen LogP contribution in [0.5, 0.6) is 0 Å². The van der Waals surface area contributed by atoms with Crippen LogP contribution in [0.4, 0.5) is 0 Å². The second-order valence-electron chi connectivity index (χ2n) is 16.2. The first-order chi connectivity index (χ1) is 31.7. The van der Waals surface area contributed by atoms with E-state index in [1.165, 1.54) is 38.2 Å². The predicted molar refractivity (Wildman–Crippen MR) is 262 cm³/mol. The van der Waals surface area contributed by atoms with Gasteiger partial charge in [0.25, 0.3) is 0 Å². The summed E-state index contributed by atoms with van der Waals surface area (Å²) in [6.07, 6.45) is 0. The topological polar surface area (TPSA) is 65.0 Å². The van der Waals surface area contributed by atoms with Crippen LogP contribution in [0, 0.1) is 0 Å². The van der Waals surface area contributed by atoms with Gasteiger partial charge in [-0.1, -0.05) is 188 Å². The number of para-hydroxylation sites is 4. The summed E-state index contributed by atoms with van der Waals surface area (Å²) < 4.78 is 13.1. The zero-order valence-corrected chi connectivity index (χ0v) is 34.4. The molecule has 0 aliphatic carbocycles. The highest BCUT2D eigenvalue weighted by molar-refractivity contribution is 6.21. The lowest BCUT2D eigenvalue weighted by atomic mass is 9.85. The van der Waals surface area contributed by atoms with Crippen molar-refractivity contribution in [1.29, 1.82) is 0 Å². The number of hydrogen-bond donors (Lipinski definition) is 0. The van der Waals surface area contributed by atoms with Crippen LogP contribution in [0.2, 0.25) is 0 Å². The Morgan fingerprint density at radius 2 is 0.578 bits per heavy atom. The largest absolute Gasteiger partial charge is 0.455 e. The van der Waals surface area contributed by atoms with E-state index in [0.717, 1.165) is 77.3 Å². The standard InChI is InChI=1S/C59H35N3O2/c1-2-16-37(17-3-1)53-42-21-5-7-23-44(42)54(45-24-8-6-22-43(45)53)38-34-32-36(33-35-38)39-18-4-9-25-48(39)57-60-58(49-28-14-26-46-40-19-10-12-30-51(40)63-55(46)49)62-59(61-57)50-29-15-27-47-41-20-11-13-31-52(41)64-56(47)50/h1-35H. The summed E-state index contributed by atoms with van der Waals surface area (Å²) in [6.45, 7) is 0. The van der Waals surface area contributed by atoms with Gasteiger partial charge in [0.15, 0.2) is 17.5 Å². The molecule has 0 bridgehead atoms. The van der Waals surface area contributed by atoms with Gasteiger partial charge < -0.3 is 8.83 Å². The molecule has 0 fully saturated rings. The summed E-state index contributed by atoms with van der Waals surface area (Å²) >= 11 is 0. The minimum Gasteiger partial charge on any atom is -0.455 e. The van der Waals surface area contributed by atoms with Crippen molar-refractivity contribution in [2.75, 3.05) is 0 Å². The van der Waals surface area contributed by atoms with E-state index >= 15 is 0 Å². The molecule has 10 aromatic carbocycles. The number of aromatic nitrogens is 3. The minimum atomic E-state index is 0.514. The maximum atomic E-state index is 6.54. The molecular formula is C59H35N3O2. The van der Waals surface area contributed by atoms with Crippen LogP contribution in [0.3, 0.4) is 0 Å². The van der Waals surface area contributed by atoms with Crippen molar-refractivity contribution in [2.45, 2.75) is 0 Å². The molecule has 0 saturated heterocycles. The Bertz CT molecular complexity index is 3770. The predicted octanol–water partition coefficient (Wildman–Crippen LogP) is 16.0. The van der Waals surface area contributed by atoms with Crippen molar-refractivity contribution in [3.63, 3.8) is 0 Å². The van der Waals surface area contributed by atoms with E-state index in [1.807, 2.05) is 66.7 Å². The van der Waals surface area contributed by atoms with Gasteiger partial charge in [-0.15, -0.1) is 0 Å². The number of furan rings is 2. The fourth-order valence-corrected chi connectivity index (χ4v) is 9.69. The minimum absolute atomic E-state index is 0.514. The first kappa shape index (κ1) is 36.0. The summed E-state index contributed by atoms with van der Waals surface area (Å²) in [6, 6.07) is 74.1. The first-order valence-electron chi connectivity index (χ1n) is 21.5. The van der Waals surface area contributed by atoms with Crippen molar-refractivity contribution in [3.05, 3.63) is 212 Å². The van der Waals surface area contributed by atoms with Crippen LogP contribution in [-0.2, 0) is 0 Å². The molecule has 64 heavy (non-hydrogen) atoms. The zero-order valence-electron chi connectivity index (χ0n) is 34.4. The Kier molecular flexibility index (Phi) is 8.15. The van der Waals surface area contributed by atoms with Gasteiger partial charge >= 0.3 is 0 Å². The van der Waals surface area contributed by atoms with Gasteiger partial charge in [0.2, 0.25) is 0 Å². The van der Waals surface area contributed by atoms with Crippen LogP contribution < -0.4 is 0 Å². The van der Waals surface area contributed by atoms with Crippen molar-refractivity contribution >= 4 is 65.4 Å². The lowest BCUT2D eigenvalue weighted by Gasteiger charge is -2.18. The second kappa shape index (κ2) is 14.5. The molecule has 3 aromatic heterocycles.